The van der Waals surface area contributed by atoms with Gasteiger partial charge >= 0.3 is 0 Å². The number of aromatic nitrogens is 7. The van der Waals surface area contributed by atoms with Gasteiger partial charge in [0.05, 0.1) is 28.6 Å². The minimum atomic E-state index is 0.580. The zero-order valence-corrected chi connectivity index (χ0v) is 19.4. The summed E-state index contributed by atoms with van der Waals surface area (Å²) in [7, 11) is 0. The third kappa shape index (κ3) is 3.60. The molecule has 0 atom stereocenters. The molecule has 8 nitrogen and oxygen atoms in total. The lowest BCUT2D eigenvalue weighted by Gasteiger charge is -2.10. The highest BCUT2D eigenvalue weighted by molar-refractivity contribution is 5.97. The summed E-state index contributed by atoms with van der Waals surface area (Å²) in [5.74, 6) is 1.26. The Morgan fingerprint density at radius 3 is 2.67 bits per heavy atom. The summed E-state index contributed by atoms with van der Waals surface area (Å²) in [6.45, 7) is 4.17. The van der Waals surface area contributed by atoms with Crippen LogP contribution in [0.2, 0.25) is 0 Å². The highest BCUT2D eigenvalue weighted by Gasteiger charge is 2.24. The summed E-state index contributed by atoms with van der Waals surface area (Å²) in [5.41, 5.74) is 9.14. The van der Waals surface area contributed by atoms with E-state index in [0.29, 0.717) is 11.7 Å². The van der Waals surface area contributed by atoms with Crippen LogP contribution in [-0.2, 0) is 0 Å². The van der Waals surface area contributed by atoms with E-state index in [0.717, 1.165) is 61.4 Å². The third-order valence-corrected chi connectivity index (χ3v) is 6.57. The van der Waals surface area contributed by atoms with E-state index in [4.69, 9.17) is 4.98 Å². The lowest BCUT2D eigenvalue weighted by atomic mass is 10.0. The van der Waals surface area contributed by atoms with Crippen LogP contribution in [0.25, 0.3) is 55.8 Å². The van der Waals surface area contributed by atoms with Crippen molar-refractivity contribution in [3.8, 4) is 33.9 Å². The Hall–Kier alpha value is -4.85. The first-order valence-corrected chi connectivity index (χ1v) is 11.9. The molecular weight excluding hydrogens is 448 g/mol. The van der Waals surface area contributed by atoms with E-state index in [9.17, 15) is 0 Å². The molecule has 0 bridgehead atoms. The molecule has 1 aliphatic carbocycles. The molecule has 8 heteroatoms. The van der Waals surface area contributed by atoms with Crippen molar-refractivity contribution in [1.29, 1.82) is 0 Å². The lowest BCUT2D eigenvalue weighted by Crippen LogP contribution is -2.00. The van der Waals surface area contributed by atoms with Gasteiger partial charge in [0.25, 0.3) is 0 Å². The molecular formula is C28H22N8. The maximum Gasteiger partial charge on any atom is 0.159 e. The number of pyridine rings is 3. The van der Waals surface area contributed by atoms with Crippen molar-refractivity contribution in [2.75, 3.05) is 5.32 Å². The monoisotopic (exact) mass is 470 g/mol. The summed E-state index contributed by atoms with van der Waals surface area (Å²) >= 11 is 0. The van der Waals surface area contributed by atoms with Gasteiger partial charge in [0, 0.05) is 47.0 Å². The predicted octanol–water partition coefficient (Wildman–Crippen LogP) is 5.96. The van der Waals surface area contributed by atoms with Crippen molar-refractivity contribution in [3.63, 3.8) is 0 Å². The summed E-state index contributed by atoms with van der Waals surface area (Å²) < 4.78 is 0. The first-order chi connectivity index (χ1) is 17.7. The maximum absolute atomic E-state index is 4.89. The third-order valence-electron chi connectivity index (χ3n) is 6.57. The van der Waals surface area contributed by atoms with Gasteiger partial charge in [0.2, 0.25) is 0 Å². The van der Waals surface area contributed by atoms with E-state index in [1.54, 1.807) is 18.6 Å². The van der Waals surface area contributed by atoms with Crippen molar-refractivity contribution in [3.05, 3.63) is 85.7 Å². The smallest absolute Gasteiger partial charge is 0.159 e. The molecule has 5 heterocycles. The summed E-state index contributed by atoms with van der Waals surface area (Å²) in [6.07, 6.45) is 11.4. The van der Waals surface area contributed by atoms with Crippen LogP contribution in [0.5, 0.6) is 0 Å². The zero-order valence-electron chi connectivity index (χ0n) is 19.4. The van der Waals surface area contributed by atoms with E-state index in [2.05, 4.69) is 60.2 Å². The van der Waals surface area contributed by atoms with Crippen molar-refractivity contribution < 1.29 is 0 Å². The number of hydrogen-bond donors (Lipinski definition) is 3. The second-order valence-corrected chi connectivity index (χ2v) is 9.10. The summed E-state index contributed by atoms with van der Waals surface area (Å²) in [4.78, 5) is 21.6. The molecule has 1 aromatic carbocycles. The number of nitrogens with one attached hydrogen (secondary N) is 3. The van der Waals surface area contributed by atoms with Crippen LogP contribution in [0.3, 0.4) is 0 Å². The van der Waals surface area contributed by atoms with Crippen molar-refractivity contribution in [2.24, 2.45) is 5.92 Å². The quantitative estimate of drug-likeness (QED) is 0.277. The minimum absolute atomic E-state index is 0.580. The van der Waals surface area contributed by atoms with E-state index < -0.39 is 0 Å². The molecule has 0 radical (unpaired) electrons. The van der Waals surface area contributed by atoms with Gasteiger partial charge in [-0.3, -0.25) is 20.1 Å². The SMILES string of the molecule is C=C(Nc1cncc(-c2ccc3[nH]nc(-c4nc5c(-c6cccnc6)nccc5[nH]4)c3c2)c1)C1CC1. The van der Waals surface area contributed by atoms with Crippen molar-refractivity contribution in [2.45, 2.75) is 12.8 Å². The van der Waals surface area contributed by atoms with E-state index in [1.165, 1.54) is 12.8 Å². The molecule has 0 unspecified atom stereocenters. The Kier molecular flexibility index (Phi) is 4.63. The molecule has 7 rings (SSSR count). The number of aromatic amines is 2. The first-order valence-electron chi connectivity index (χ1n) is 11.9. The Morgan fingerprint density at radius 2 is 1.81 bits per heavy atom. The van der Waals surface area contributed by atoms with Gasteiger partial charge in [0.15, 0.2) is 5.82 Å². The Labute approximate surface area is 206 Å². The Balaban J connectivity index is 1.28. The number of anilines is 1. The highest BCUT2D eigenvalue weighted by atomic mass is 15.1. The maximum atomic E-state index is 4.89. The van der Waals surface area contributed by atoms with Gasteiger partial charge in [-0.05, 0) is 60.7 Å². The highest BCUT2D eigenvalue weighted by Crippen LogP contribution is 2.36. The average molecular weight is 471 g/mol. The molecule has 0 amide bonds. The normalized spacial score (nSPS) is 13.3. The van der Waals surface area contributed by atoms with Crippen LogP contribution in [0.15, 0.2) is 85.7 Å². The summed E-state index contributed by atoms with van der Waals surface area (Å²) in [6, 6.07) is 14.1. The predicted molar refractivity (Wildman–Crippen MR) is 141 cm³/mol. The fourth-order valence-electron chi connectivity index (χ4n) is 4.52. The number of H-pyrrole nitrogens is 2. The molecule has 174 valence electrons. The minimum Gasteiger partial charge on any atom is -0.358 e. The fourth-order valence-corrected chi connectivity index (χ4v) is 4.52. The zero-order chi connectivity index (χ0) is 24.1. The van der Waals surface area contributed by atoms with Gasteiger partial charge in [0.1, 0.15) is 11.2 Å². The second kappa shape index (κ2) is 8.13. The van der Waals surface area contributed by atoms with Gasteiger partial charge in [-0.15, -0.1) is 0 Å². The van der Waals surface area contributed by atoms with Crippen molar-refractivity contribution in [1.82, 2.24) is 35.1 Å². The molecule has 0 spiro atoms. The molecule has 3 N–H and O–H groups in total. The number of hydrogen-bond acceptors (Lipinski definition) is 6. The summed E-state index contributed by atoms with van der Waals surface area (Å²) in [5, 5.41) is 12.1. The molecule has 1 fully saturated rings. The largest absolute Gasteiger partial charge is 0.358 e. The number of nitrogens with zero attached hydrogens (tertiary/aromatic N) is 5. The molecule has 5 aromatic heterocycles. The van der Waals surface area contributed by atoms with Gasteiger partial charge in [-0.2, -0.15) is 5.10 Å². The Bertz CT molecular complexity index is 1740. The molecule has 0 aliphatic heterocycles. The topological polar surface area (TPSA) is 108 Å². The number of allylic oxidation sites excluding steroid dienone is 1. The molecule has 0 saturated heterocycles. The molecule has 6 aromatic rings. The second-order valence-electron chi connectivity index (χ2n) is 9.10. The van der Waals surface area contributed by atoms with Crippen LogP contribution < -0.4 is 5.32 Å². The standard InChI is InChI=1S/C28H22N8/c1-16(17-4-5-17)32-21-11-20(14-30-15-21)18-6-7-23-22(12-18)26(36-35-23)28-33-24-8-10-31-25(27(24)34-28)19-3-2-9-29-13-19/h2-3,6-15,17,32H,1,4-5H2,(H,33,34)(H,35,36). The van der Waals surface area contributed by atoms with Gasteiger partial charge < -0.3 is 10.3 Å². The molecule has 1 aliphatic rings. The van der Waals surface area contributed by atoms with Crippen LogP contribution in [0, 0.1) is 5.92 Å². The van der Waals surface area contributed by atoms with Crippen molar-refractivity contribution >= 4 is 27.6 Å². The molecule has 1 saturated carbocycles. The van der Waals surface area contributed by atoms with Crippen LogP contribution >= 0.6 is 0 Å². The Morgan fingerprint density at radius 1 is 0.889 bits per heavy atom. The van der Waals surface area contributed by atoms with Crippen LogP contribution in [0.4, 0.5) is 5.69 Å². The van der Waals surface area contributed by atoms with E-state index >= 15 is 0 Å². The lowest BCUT2D eigenvalue weighted by molar-refractivity contribution is 1.02. The number of benzene rings is 1. The average Bonchev–Trinajstić information content (AvgIpc) is 3.55. The first kappa shape index (κ1) is 20.5. The van der Waals surface area contributed by atoms with Crippen LogP contribution in [-0.4, -0.2) is 35.1 Å². The van der Waals surface area contributed by atoms with Crippen LogP contribution in [0.1, 0.15) is 12.8 Å². The van der Waals surface area contributed by atoms with Gasteiger partial charge in [-0.1, -0.05) is 12.6 Å². The van der Waals surface area contributed by atoms with Gasteiger partial charge in [-0.25, -0.2) is 4.98 Å². The number of rotatable bonds is 6. The van der Waals surface area contributed by atoms with E-state index in [1.807, 2.05) is 36.7 Å². The molecule has 36 heavy (non-hydrogen) atoms. The fraction of sp³-hybridized carbons (Fsp3) is 0.107. The van der Waals surface area contributed by atoms with E-state index in [-0.39, 0.29) is 0 Å². The number of fused-ring (bicyclic) bond motifs is 2. The number of imidazole rings is 1.